The van der Waals surface area contributed by atoms with Crippen molar-refractivity contribution in [1.29, 1.82) is 0 Å². The number of hydrogen-bond acceptors (Lipinski definition) is 4. The average molecular weight is 300 g/mol. The summed E-state index contributed by atoms with van der Waals surface area (Å²) in [6.07, 6.45) is 6.29. The van der Waals surface area contributed by atoms with Crippen molar-refractivity contribution in [2.75, 3.05) is 18.8 Å². The van der Waals surface area contributed by atoms with Crippen molar-refractivity contribution in [3.8, 4) is 0 Å². The first-order valence-electron chi connectivity index (χ1n) is 7.20. The van der Waals surface area contributed by atoms with Gasteiger partial charge in [0.1, 0.15) is 0 Å². The third kappa shape index (κ3) is 4.04. The quantitative estimate of drug-likeness (QED) is 0.840. The van der Waals surface area contributed by atoms with Gasteiger partial charge in [-0.25, -0.2) is 12.7 Å². The van der Waals surface area contributed by atoms with E-state index in [1.807, 2.05) is 26.4 Å². The summed E-state index contributed by atoms with van der Waals surface area (Å²) in [6, 6.07) is 0.392. The summed E-state index contributed by atoms with van der Waals surface area (Å²) >= 11 is 0. The molecular weight excluding hydrogens is 276 g/mol. The standard InChI is InChI=1S/C13H24N4O2S/c1-3-8-20(18,19)17-6-4-13(5-7-17)14-9-12-10-15-16(2)11-12/h10-11,13-14H,3-9H2,1-2H3. The largest absolute Gasteiger partial charge is 0.310 e. The third-order valence-corrected chi connectivity index (χ3v) is 5.74. The van der Waals surface area contributed by atoms with Crippen LogP contribution in [0.15, 0.2) is 12.4 Å². The first-order valence-corrected chi connectivity index (χ1v) is 8.81. The molecule has 0 spiro atoms. The highest BCUT2D eigenvalue weighted by Crippen LogP contribution is 2.15. The van der Waals surface area contributed by atoms with E-state index in [0.29, 0.717) is 25.6 Å². The van der Waals surface area contributed by atoms with Crippen molar-refractivity contribution < 1.29 is 8.42 Å². The molecule has 1 aliphatic heterocycles. The summed E-state index contributed by atoms with van der Waals surface area (Å²) < 4.78 is 27.4. The molecule has 0 atom stereocenters. The number of piperidine rings is 1. The minimum Gasteiger partial charge on any atom is -0.310 e. The van der Waals surface area contributed by atoms with Gasteiger partial charge in [0.25, 0.3) is 0 Å². The van der Waals surface area contributed by atoms with Crippen LogP contribution < -0.4 is 5.32 Å². The Hall–Kier alpha value is -0.920. The van der Waals surface area contributed by atoms with E-state index in [0.717, 1.165) is 24.9 Å². The molecule has 1 aromatic heterocycles. The maximum Gasteiger partial charge on any atom is 0.214 e. The molecular formula is C13H24N4O2S. The Morgan fingerprint density at radius 1 is 1.40 bits per heavy atom. The van der Waals surface area contributed by atoms with E-state index in [2.05, 4.69) is 10.4 Å². The molecule has 0 aliphatic carbocycles. The van der Waals surface area contributed by atoms with Gasteiger partial charge in [-0.1, -0.05) is 6.92 Å². The van der Waals surface area contributed by atoms with Crippen molar-refractivity contribution in [3.63, 3.8) is 0 Å². The van der Waals surface area contributed by atoms with Crippen LogP contribution in [0.25, 0.3) is 0 Å². The van der Waals surface area contributed by atoms with Crippen LogP contribution in [0.4, 0.5) is 0 Å². The molecule has 20 heavy (non-hydrogen) atoms. The Morgan fingerprint density at radius 2 is 2.10 bits per heavy atom. The van der Waals surface area contributed by atoms with Crippen molar-refractivity contribution >= 4 is 10.0 Å². The number of aromatic nitrogens is 2. The van der Waals surface area contributed by atoms with Crippen LogP contribution in [-0.4, -0.2) is 47.4 Å². The smallest absolute Gasteiger partial charge is 0.214 e. The van der Waals surface area contributed by atoms with E-state index in [1.54, 1.807) is 8.99 Å². The first kappa shape index (κ1) is 15.5. The van der Waals surface area contributed by atoms with Gasteiger partial charge in [-0.15, -0.1) is 0 Å². The second kappa shape index (κ2) is 6.69. The summed E-state index contributed by atoms with van der Waals surface area (Å²) in [5.74, 6) is 0.265. The van der Waals surface area contributed by atoms with E-state index in [1.165, 1.54) is 0 Å². The monoisotopic (exact) mass is 300 g/mol. The number of nitrogens with zero attached hydrogens (tertiary/aromatic N) is 3. The highest BCUT2D eigenvalue weighted by molar-refractivity contribution is 7.89. The number of rotatable bonds is 6. The molecule has 1 aliphatic rings. The lowest BCUT2D eigenvalue weighted by Crippen LogP contribution is -2.45. The summed E-state index contributed by atoms with van der Waals surface area (Å²) in [4.78, 5) is 0. The molecule has 1 aromatic rings. The molecule has 0 amide bonds. The van der Waals surface area contributed by atoms with Crippen molar-refractivity contribution in [2.45, 2.75) is 38.8 Å². The predicted molar refractivity (Wildman–Crippen MR) is 78.7 cm³/mol. The minimum absolute atomic E-state index is 0.265. The van der Waals surface area contributed by atoms with Gasteiger partial charge in [0.15, 0.2) is 0 Å². The first-order chi connectivity index (χ1) is 9.51. The fourth-order valence-corrected chi connectivity index (χ4v) is 4.09. The Balaban J connectivity index is 1.77. The topological polar surface area (TPSA) is 67.2 Å². The van der Waals surface area contributed by atoms with E-state index in [9.17, 15) is 8.42 Å². The van der Waals surface area contributed by atoms with Gasteiger partial charge >= 0.3 is 0 Å². The lowest BCUT2D eigenvalue weighted by Gasteiger charge is -2.31. The molecule has 1 saturated heterocycles. The van der Waals surface area contributed by atoms with E-state index >= 15 is 0 Å². The molecule has 2 heterocycles. The van der Waals surface area contributed by atoms with Gasteiger partial charge in [-0.2, -0.15) is 5.10 Å². The second-order valence-corrected chi connectivity index (χ2v) is 7.48. The molecule has 6 nitrogen and oxygen atoms in total. The molecule has 1 fully saturated rings. The lowest BCUT2D eigenvalue weighted by atomic mass is 10.1. The molecule has 0 saturated carbocycles. The van der Waals surface area contributed by atoms with Crippen LogP contribution >= 0.6 is 0 Å². The number of aryl methyl sites for hydroxylation is 1. The third-order valence-electron chi connectivity index (χ3n) is 3.66. The SMILES string of the molecule is CCCS(=O)(=O)N1CCC(NCc2cnn(C)c2)CC1. The Kier molecular flexibility index (Phi) is 5.17. The van der Waals surface area contributed by atoms with E-state index in [-0.39, 0.29) is 5.75 Å². The highest BCUT2D eigenvalue weighted by Gasteiger charge is 2.26. The Morgan fingerprint density at radius 3 is 2.65 bits per heavy atom. The van der Waals surface area contributed by atoms with Crippen molar-refractivity contribution in [1.82, 2.24) is 19.4 Å². The van der Waals surface area contributed by atoms with Crippen LogP contribution in [-0.2, 0) is 23.6 Å². The van der Waals surface area contributed by atoms with Crippen LogP contribution in [0.1, 0.15) is 31.7 Å². The predicted octanol–water partition coefficient (Wildman–Crippen LogP) is 0.714. The normalized spacial score (nSPS) is 18.5. The van der Waals surface area contributed by atoms with Gasteiger partial charge in [0.05, 0.1) is 11.9 Å². The highest BCUT2D eigenvalue weighted by atomic mass is 32.2. The van der Waals surface area contributed by atoms with E-state index in [4.69, 9.17) is 0 Å². The molecule has 0 unspecified atom stereocenters. The fraction of sp³-hybridized carbons (Fsp3) is 0.769. The molecule has 1 N–H and O–H groups in total. The van der Waals surface area contributed by atoms with Gasteiger partial charge < -0.3 is 5.32 Å². The van der Waals surface area contributed by atoms with Crippen LogP contribution in [0.5, 0.6) is 0 Å². The zero-order valence-corrected chi connectivity index (χ0v) is 13.1. The van der Waals surface area contributed by atoms with E-state index < -0.39 is 10.0 Å². The molecule has 2 rings (SSSR count). The van der Waals surface area contributed by atoms with Gasteiger partial charge in [-0.3, -0.25) is 4.68 Å². The molecule has 0 bridgehead atoms. The van der Waals surface area contributed by atoms with Crippen LogP contribution in [0.3, 0.4) is 0 Å². The zero-order valence-electron chi connectivity index (χ0n) is 12.2. The minimum atomic E-state index is -3.03. The number of sulfonamides is 1. The Labute approximate surface area is 121 Å². The second-order valence-electron chi connectivity index (χ2n) is 5.39. The van der Waals surface area contributed by atoms with Crippen molar-refractivity contribution in [2.24, 2.45) is 7.05 Å². The summed E-state index contributed by atoms with van der Waals surface area (Å²) in [5.41, 5.74) is 1.16. The maximum atomic E-state index is 12.0. The average Bonchev–Trinajstić information content (AvgIpc) is 2.83. The van der Waals surface area contributed by atoms with Crippen molar-refractivity contribution in [3.05, 3.63) is 18.0 Å². The van der Waals surface area contributed by atoms with Gasteiger partial charge in [-0.05, 0) is 19.3 Å². The number of nitrogens with one attached hydrogen (secondary N) is 1. The summed E-state index contributed by atoms with van der Waals surface area (Å²) in [5, 5.41) is 7.61. The molecule has 114 valence electrons. The zero-order chi connectivity index (χ0) is 14.6. The molecule has 0 radical (unpaired) electrons. The molecule has 7 heteroatoms. The maximum absolute atomic E-state index is 12.0. The summed E-state index contributed by atoms with van der Waals surface area (Å²) in [7, 11) is -1.13. The fourth-order valence-electron chi connectivity index (χ4n) is 2.55. The van der Waals surface area contributed by atoms with Crippen LogP contribution in [0.2, 0.25) is 0 Å². The Bertz CT molecular complexity index is 518. The summed E-state index contributed by atoms with van der Waals surface area (Å²) in [6.45, 7) is 3.96. The van der Waals surface area contributed by atoms with Gasteiger partial charge in [0.2, 0.25) is 10.0 Å². The van der Waals surface area contributed by atoms with Gasteiger partial charge in [0, 0.05) is 44.5 Å². The van der Waals surface area contributed by atoms with Crippen LogP contribution in [0, 0.1) is 0 Å². The molecule has 0 aromatic carbocycles. The lowest BCUT2D eigenvalue weighted by molar-refractivity contribution is 0.288. The number of hydrogen-bond donors (Lipinski definition) is 1.